The van der Waals surface area contributed by atoms with Gasteiger partial charge in [-0.3, -0.25) is 5.10 Å². The lowest BCUT2D eigenvalue weighted by molar-refractivity contribution is 1.12. The molecule has 0 atom stereocenters. The summed E-state index contributed by atoms with van der Waals surface area (Å²) < 4.78 is 0. The Kier molecular flexibility index (Phi) is 2.82. The maximum Gasteiger partial charge on any atom is 0.0890 e. The van der Waals surface area contributed by atoms with E-state index in [-0.39, 0.29) is 0 Å². The number of fused-ring (bicyclic) bond motifs is 1. The molecule has 21 heavy (non-hydrogen) atoms. The average Bonchev–Trinajstić information content (AvgIpc) is 3.15. The first kappa shape index (κ1) is 12.3. The number of nitrogens with one attached hydrogen (secondary N) is 1. The maximum atomic E-state index is 4.56. The Morgan fingerprint density at radius 2 is 2.00 bits per heavy atom. The van der Waals surface area contributed by atoms with Gasteiger partial charge in [0.05, 0.1) is 27.8 Å². The van der Waals surface area contributed by atoms with Gasteiger partial charge in [0.15, 0.2) is 0 Å². The van der Waals surface area contributed by atoms with Gasteiger partial charge >= 0.3 is 0 Å². The highest BCUT2D eigenvalue weighted by molar-refractivity contribution is 7.13. The molecule has 0 bridgehead atoms. The number of thiazole rings is 1. The molecule has 102 valence electrons. The third-order valence-electron chi connectivity index (χ3n) is 3.56. The fourth-order valence-corrected chi connectivity index (χ4v) is 3.34. The van der Waals surface area contributed by atoms with Crippen LogP contribution in [0.25, 0.3) is 32.6 Å². The van der Waals surface area contributed by atoms with E-state index in [9.17, 15) is 0 Å². The van der Waals surface area contributed by atoms with Crippen LogP contribution >= 0.6 is 11.3 Å². The molecule has 4 heteroatoms. The number of H-pyrrole nitrogens is 1. The number of hydrogen-bond acceptors (Lipinski definition) is 3. The molecule has 0 saturated heterocycles. The van der Waals surface area contributed by atoms with E-state index in [1.165, 1.54) is 16.0 Å². The average molecular weight is 291 g/mol. The molecule has 0 aliphatic carbocycles. The second-order valence-corrected chi connectivity index (χ2v) is 5.93. The normalized spacial score (nSPS) is 11.1. The minimum atomic E-state index is 1.04. The lowest BCUT2D eigenvalue weighted by Gasteiger charge is -2.04. The van der Waals surface area contributed by atoms with Crippen molar-refractivity contribution in [3.05, 3.63) is 59.7 Å². The Hall–Kier alpha value is -2.46. The molecular formula is C17H13N3S. The minimum Gasteiger partial charge on any atom is -0.278 e. The molecule has 4 rings (SSSR count). The topological polar surface area (TPSA) is 41.6 Å². The molecule has 2 aromatic heterocycles. The van der Waals surface area contributed by atoms with E-state index in [0.717, 1.165) is 22.2 Å². The highest BCUT2D eigenvalue weighted by Gasteiger charge is 2.11. The lowest BCUT2D eigenvalue weighted by atomic mass is 10.0. The van der Waals surface area contributed by atoms with E-state index in [4.69, 9.17) is 0 Å². The summed E-state index contributed by atoms with van der Waals surface area (Å²) in [6.07, 6.45) is 1.84. The smallest absolute Gasteiger partial charge is 0.0890 e. The van der Waals surface area contributed by atoms with Crippen LogP contribution in [0, 0.1) is 6.92 Å². The van der Waals surface area contributed by atoms with Gasteiger partial charge < -0.3 is 0 Å². The Morgan fingerprint density at radius 3 is 2.90 bits per heavy atom. The van der Waals surface area contributed by atoms with Gasteiger partial charge in [-0.05, 0) is 24.6 Å². The molecule has 3 nitrogen and oxygen atoms in total. The first-order valence-electron chi connectivity index (χ1n) is 6.75. The van der Waals surface area contributed by atoms with Crippen LogP contribution in [0.5, 0.6) is 0 Å². The Bertz CT molecular complexity index is 920. The third kappa shape index (κ3) is 2.14. The summed E-state index contributed by atoms with van der Waals surface area (Å²) in [6, 6.07) is 14.8. The van der Waals surface area contributed by atoms with Crippen LogP contribution in [0.1, 0.15) is 5.56 Å². The second-order valence-electron chi connectivity index (χ2n) is 5.07. The van der Waals surface area contributed by atoms with Crippen LogP contribution in [0.2, 0.25) is 0 Å². The highest BCUT2D eigenvalue weighted by atomic mass is 32.1. The first-order valence-corrected chi connectivity index (χ1v) is 7.63. The van der Waals surface area contributed by atoms with Gasteiger partial charge in [0.1, 0.15) is 0 Å². The Labute approximate surface area is 126 Å². The monoisotopic (exact) mass is 291 g/mol. The predicted octanol–water partition coefficient (Wildman–Crippen LogP) is 4.66. The van der Waals surface area contributed by atoms with Gasteiger partial charge in [0, 0.05) is 10.9 Å². The molecule has 4 aromatic rings. The van der Waals surface area contributed by atoms with Crippen molar-refractivity contribution in [3.63, 3.8) is 0 Å². The van der Waals surface area contributed by atoms with Crippen LogP contribution < -0.4 is 0 Å². The van der Waals surface area contributed by atoms with Crippen LogP contribution in [0.4, 0.5) is 0 Å². The molecule has 0 aliphatic heterocycles. The summed E-state index contributed by atoms with van der Waals surface area (Å²) in [5.41, 5.74) is 7.58. The number of aryl methyl sites for hydroxylation is 1. The number of benzene rings is 2. The van der Waals surface area contributed by atoms with Crippen LogP contribution in [-0.2, 0) is 0 Å². The Balaban J connectivity index is 1.88. The van der Waals surface area contributed by atoms with Crippen molar-refractivity contribution in [1.82, 2.24) is 15.2 Å². The Morgan fingerprint density at radius 1 is 1.05 bits per heavy atom. The second kappa shape index (κ2) is 4.82. The van der Waals surface area contributed by atoms with Crippen molar-refractivity contribution in [1.29, 1.82) is 0 Å². The molecule has 0 saturated carbocycles. The van der Waals surface area contributed by atoms with Gasteiger partial charge in [0.25, 0.3) is 0 Å². The molecule has 0 unspecified atom stereocenters. The third-order valence-corrected chi connectivity index (χ3v) is 4.44. The zero-order valence-corrected chi connectivity index (χ0v) is 12.3. The lowest BCUT2D eigenvalue weighted by Crippen LogP contribution is -1.83. The van der Waals surface area contributed by atoms with E-state index < -0.39 is 0 Å². The summed E-state index contributed by atoms with van der Waals surface area (Å²) in [4.78, 5) is 5.76. The van der Waals surface area contributed by atoms with Crippen LogP contribution in [-0.4, -0.2) is 15.2 Å². The molecule has 2 aromatic carbocycles. The zero-order valence-electron chi connectivity index (χ0n) is 11.5. The largest absolute Gasteiger partial charge is 0.278 e. The highest BCUT2D eigenvalue weighted by Crippen LogP contribution is 2.35. The van der Waals surface area contributed by atoms with Crippen molar-refractivity contribution in [2.24, 2.45) is 0 Å². The van der Waals surface area contributed by atoms with E-state index in [1.54, 1.807) is 11.3 Å². The number of nitrogens with zero attached hydrogens (tertiary/aromatic N) is 2. The zero-order chi connectivity index (χ0) is 14.2. The summed E-state index contributed by atoms with van der Waals surface area (Å²) in [5, 5.41) is 8.23. The van der Waals surface area contributed by atoms with Gasteiger partial charge in [0.2, 0.25) is 0 Å². The molecule has 0 aliphatic rings. The molecular weight excluding hydrogens is 278 g/mol. The van der Waals surface area contributed by atoms with Gasteiger partial charge in [-0.15, -0.1) is 11.3 Å². The summed E-state index contributed by atoms with van der Waals surface area (Å²) in [6.45, 7) is 2.10. The van der Waals surface area contributed by atoms with Crippen molar-refractivity contribution in [2.75, 3.05) is 0 Å². The predicted molar refractivity (Wildman–Crippen MR) is 87.4 cm³/mol. The van der Waals surface area contributed by atoms with Crippen molar-refractivity contribution >= 4 is 22.2 Å². The van der Waals surface area contributed by atoms with Crippen molar-refractivity contribution < 1.29 is 0 Å². The van der Waals surface area contributed by atoms with E-state index in [0.29, 0.717) is 0 Å². The molecule has 2 heterocycles. The maximum absolute atomic E-state index is 4.56. The fourth-order valence-electron chi connectivity index (χ4n) is 2.53. The molecule has 0 radical (unpaired) electrons. The number of aromatic nitrogens is 3. The molecule has 0 spiro atoms. The summed E-state index contributed by atoms with van der Waals surface area (Å²) in [5.74, 6) is 0. The first-order chi connectivity index (χ1) is 10.3. The van der Waals surface area contributed by atoms with Gasteiger partial charge in [-0.2, -0.15) is 5.10 Å². The molecule has 1 N–H and O–H groups in total. The fraction of sp³-hybridized carbons (Fsp3) is 0.0588. The van der Waals surface area contributed by atoms with Crippen molar-refractivity contribution in [3.8, 4) is 21.7 Å². The summed E-state index contributed by atoms with van der Waals surface area (Å²) >= 11 is 1.67. The van der Waals surface area contributed by atoms with Gasteiger partial charge in [-0.1, -0.05) is 35.9 Å². The standard InChI is InChI=1S/C17H13N3S/c1-11-3-2-4-12(7-11)16-17(21-10-18-16)13-5-6-14-9-19-20-15(14)8-13/h2-10H,1H3,(H,19,20). The quantitative estimate of drug-likeness (QED) is 0.583. The minimum absolute atomic E-state index is 1.04. The van der Waals surface area contributed by atoms with E-state index in [2.05, 4.69) is 64.6 Å². The SMILES string of the molecule is Cc1cccc(-c2ncsc2-c2ccc3cn[nH]c3c2)c1. The van der Waals surface area contributed by atoms with E-state index >= 15 is 0 Å². The number of aromatic amines is 1. The molecule has 0 fully saturated rings. The molecule has 0 amide bonds. The number of hydrogen-bond donors (Lipinski definition) is 1. The van der Waals surface area contributed by atoms with E-state index in [1.807, 2.05) is 11.7 Å². The van der Waals surface area contributed by atoms with Crippen LogP contribution in [0.15, 0.2) is 54.2 Å². The van der Waals surface area contributed by atoms with Crippen molar-refractivity contribution in [2.45, 2.75) is 6.92 Å². The summed E-state index contributed by atoms with van der Waals surface area (Å²) in [7, 11) is 0. The van der Waals surface area contributed by atoms with Crippen LogP contribution in [0.3, 0.4) is 0 Å². The van der Waals surface area contributed by atoms with Gasteiger partial charge in [-0.25, -0.2) is 4.98 Å². The number of rotatable bonds is 2.